The summed E-state index contributed by atoms with van der Waals surface area (Å²) in [5.41, 5.74) is 2.88. The second-order valence-corrected chi connectivity index (χ2v) is 4.55. The zero-order chi connectivity index (χ0) is 13.0. The molecule has 0 unspecified atom stereocenters. The molecule has 0 aliphatic carbocycles. The van der Waals surface area contributed by atoms with Gasteiger partial charge in [0.1, 0.15) is 6.61 Å². The number of carbonyl (C=O) groups excluding carboxylic acids is 1. The molecule has 0 spiro atoms. The summed E-state index contributed by atoms with van der Waals surface area (Å²) in [6.45, 7) is 7.29. The van der Waals surface area contributed by atoms with E-state index in [-0.39, 0.29) is 30.9 Å². The van der Waals surface area contributed by atoms with Crippen molar-refractivity contribution in [2.75, 3.05) is 26.2 Å². The first-order chi connectivity index (χ1) is 8.65. The average Bonchev–Trinajstić information content (AvgIpc) is 2.36. The highest BCUT2D eigenvalue weighted by atomic mass is 35.5. The molecule has 1 saturated heterocycles. The van der Waals surface area contributed by atoms with Crippen molar-refractivity contribution in [2.45, 2.75) is 20.5 Å². The molecule has 0 atom stereocenters. The third-order valence-electron chi connectivity index (χ3n) is 2.88. The number of piperazine rings is 1. The molecule has 7 heteroatoms. The normalized spacial score (nSPS) is 14.0. The summed E-state index contributed by atoms with van der Waals surface area (Å²) < 4.78 is 5.31. The fourth-order valence-corrected chi connectivity index (χ4v) is 2.09. The van der Waals surface area contributed by atoms with Crippen LogP contribution in [0.2, 0.25) is 0 Å². The SMILES string of the molecule is Cc1cc(COC(=O)N2CCNCC2)cc(C)n1.Cl.Cl. The number of pyridine rings is 1. The van der Waals surface area contributed by atoms with E-state index in [4.69, 9.17) is 4.74 Å². The van der Waals surface area contributed by atoms with Crippen LogP contribution in [-0.2, 0) is 11.3 Å². The van der Waals surface area contributed by atoms with E-state index in [0.29, 0.717) is 19.7 Å². The fraction of sp³-hybridized carbons (Fsp3) is 0.538. The van der Waals surface area contributed by atoms with E-state index < -0.39 is 0 Å². The molecule has 1 aliphatic heterocycles. The van der Waals surface area contributed by atoms with Crippen molar-refractivity contribution in [1.82, 2.24) is 15.2 Å². The highest BCUT2D eigenvalue weighted by Gasteiger charge is 2.17. The van der Waals surface area contributed by atoms with Gasteiger partial charge in [-0.05, 0) is 31.5 Å². The number of hydrogen-bond donors (Lipinski definition) is 1. The summed E-state index contributed by atoms with van der Waals surface area (Å²) in [7, 11) is 0. The molecule has 114 valence electrons. The third-order valence-corrected chi connectivity index (χ3v) is 2.88. The van der Waals surface area contributed by atoms with E-state index in [1.807, 2.05) is 26.0 Å². The van der Waals surface area contributed by atoms with Crippen molar-refractivity contribution in [1.29, 1.82) is 0 Å². The van der Waals surface area contributed by atoms with Gasteiger partial charge in [0, 0.05) is 37.6 Å². The molecule has 1 aliphatic rings. The number of amides is 1. The van der Waals surface area contributed by atoms with Crippen molar-refractivity contribution in [3.8, 4) is 0 Å². The Kier molecular flexibility index (Phi) is 8.53. The Balaban J connectivity index is 0.00000180. The van der Waals surface area contributed by atoms with E-state index in [1.165, 1.54) is 0 Å². The van der Waals surface area contributed by atoms with Crippen LogP contribution in [0, 0.1) is 13.8 Å². The molecule has 0 bridgehead atoms. The number of halogens is 2. The second-order valence-electron chi connectivity index (χ2n) is 4.55. The van der Waals surface area contributed by atoms with Crippen LogP contribution >= 0.6 is 24.8 Å². The molecule has 2 rings (SSSR count). The van der Waals surface area contributed by atoms with Gasteiger partial charge in [-0.25, -0.2) is 4.79 Å². The Morgan fingerprint density at radius 3 is 2.35 bits per heavy atom. The first-order valence-electron chi connectivity index (χ1n) is 6.22. The standard InChI is InChI=1S/C13H19N3O2.2ClH/c1-10-7-12(8-11(2)15-10)9-18-13(17)16-5-3-14-4-6-16;;/h7-8,14H,3-6,9H2,1-2H3;2*1H. The predicted octanol–water partition coefficient (Wildman–Crippen LogP) is 2.08. The van der Waals surface area contributed by atoms with Crippen molar-refractivity contribution < 1.29 is 9.53 Å². The number of aromatic nitrogens is 1. The number of carbonyl (C=O) groups is 1. The molecule has 2 heterocycles. The lowest BCUT2D eigenvalue weighted by Crippen LogP contribution is -2.46. The summed E-state index contributed by atoms with van der Waals surface area (Å²) >= 11 is 0. The molecule has 5 nitrogen and oxygen atoms in total. The van der Waals surface area contributed by atoms with Gasteiger partial charge in [0.25, 0.3) is 0 Å². The smallest absolute Gasteiger partial charge is 0.410 e. The van der Waals surface area contributed by atoms with Gasteiger partial charge >= 0.3 is 6.09 Å². The number of aryl methyl sites for hydroxylation is 2. The van der Waals surface area contributed by atoms with E-state index in [2.05, 4.69) is 10.3 Å². The van der Waals surface area contributed by atoms with E-state index >= 15 is 0 Å². The van der Waals surface area contributed by atoms with Crippen LogP contribution in [0.15, 0.2) is 12.1 Å². The maximum Gasteiger partial charge on any atom is 0.410 e. The Hall–Kier alpha value is -1.04. The second kappa shape index (κ2) is 9.00. The van der Waals surface area contributed by atoms with Crippen LogP contribution in [0.25, 0.3) is 0 Å². The molecule has 0 saturated carbocycles. The average molecular weight is 322 g/mol. The lowest BCUT2D eigenvalue weighted by molar-refractivity contribution is 0.0918. The monoisotopic (exact) mass is 321 g/mol. The van der Waals surface area contributed by atoms with Gasteiger partial charge in [-0.3, -0.25) is 4.98 Å². The van der Waals surface area contributed by atoms with Crippen LogP contribution in [0.1, 0.15) is 17.0 Å². The Morgan fingerprint density at radius 2 is 1.80 bits per heavy atom. The van der Waals surface area contributed by atoms with Gasteiger partial charge in [-0.1, -0.05) is 0 Å². The first-order valence-corrected chi connectivity index (χ1v) is 6.22. The Morgan fingerprint density at radius 1 is 1.25 bits per heavy atom. The Labute approximate surface area is 131 Å². The molecular weight excluding hydrogens is 301 g/mol. The van der Waals surface area contributed by atoms with Crippen molar-refractivity contribution in [2.24, 2.45) is 0 Å². The fourth-order valence-electron chi connectivity index (χ4n) is 2.09. The summed E-state index contributed by atoms with van der Waals surface area (Å²) in [5, 5.41) is 3.20. The van der Waals surface area contributed by atoms with Crippen LogP contribution in [-0.4, -0.2) is 42.2 Å². The summed E-state index contributed by atoms with van der Waals surface area (Å²) in [5.74, 6) is 0. The molecule has 0 aromatic carbocycles. The van der Waals surface area contributed by atoms with E-state index in [9.17, 15) is 4.79 Å². The third kappa shape index (κ3) is 5.53. The maximum atomic E-state index is 11.8. The largest absolute Gasteiger partial charge is 0.445 e. The number of hydrogen-bond acceptors (Lipinski definition) is 4. The van der Waals surface area contributed by atoms with E-state index in [0.717, 1.165) is 30.0 Å². The summed E-state index contributed by atoms with van der Waals surface area (Å²) in [6.07, 6.45) is -0.233. The molecule has 1 amide bonds. The number of ether oxygens (including phenoxy) is 1. The van der Waals surface area contributed by atoms with Crippen LogP contribution in [0.3, 0.4) is 0 Å². The molecule has 1 N–H and O–H groups in total. The van der Waals surface area contributed by atoms with Crippen LogP contribution in [0.5, 0.6) is 0 Å². The minimum Gasteiger partial charge on any atom is -0.445 e. The van der Waals surface area contributed by atoms with Gasteiger partial charge in [0.15, 0.2) is 0 Å². The van der Waals surface area contributed by atoms with Gasteiger partial charge in [0.2, 0.25) is 0 Å². The van der Waals surface area contributed by atoms with Crippen molar-refractivity contribution in [3.63, 3.8) is 0 Å². The molecule has 1 aromatic rings. The minimum absolute atomic E-state index is 0. The number of nitrogens with one attached hydrogen (secondary N) is 1. The Bertz CT molecular complexity index is 417. The number of rotatable bonds is 2. The van der Waals surface area contributed by atoms with Crippen molar-refractivity contribution >= 4 is 30.9 Å². The molecule has 0 radical (unpaired) electrons. The van der Waals surface area contributed by atoms with Gasteiger partial charge < -0.3 is 15.0 Å². The highest BCUT2D eigenvalue weighted by Crippen LogP contribution is 2.08. The van der Waals surface area contributed by atoms with Gasteiger partial charge in [0.05, 0.1) is 0 Å². The molecule has 1 fully saturated rings. The topological polar surface area (TPSA) is 54.5 Å². The summed E-state index contributed by atoms with van der Waals surface area (Å²) in [6, 6.07) is 3.88. The summed E-state index contributed by atoms with van der Waals surface area (Å²) in [4.78, 5) is 17.8. The quantitative estimate of drug-likeness (QED) is 0.906. The first kappa shape index (κ1) is 19.0. The van der Waals surface area contributed by atoms with Crippen LogP contribution in [0.4, 0.5) is 4.79 Å². The predicted molar refractivity (Wildman–Crippen MR) is 82.8 cm³/mol. The lowest BCUT2D eigenvalue weighted by Gasteiger charge is -2.26. The van der Waals surface area contributed by atoms with E-state index in [1.54, 1.807) is 4.90 Å². The van der Waals surface area contributed by atoms with Crippen LogP contribution < -0.4 is 5.32 Å². The molecular formula is C13H21Cl2N3O2. The lowest BCUT2D eigenvalue weighted by atomic mass is 10.2. The van der Waals surface area contributed by atoms with Gasteiger partial charge in [-0.2, -0.15) is 0 Å². The zero-order valence-electron chi connectivity index (χ0n) is 11.7. The van der Waals surface area contributed by atoms with Crippen molar-refractivity contribution in [3.05, 3.63) is 29.1 Å². The zero-order valence-corrected chi connectivity index (χ0v) is 13.4. The van der Waals surface area contributed by atoms with Gasteiger partial charge in [-0.15, -0.1) is 24.8 Å². The number of nitrogens with zero attached hydrogens (tertiary/aromatic N) is 2. The molecule has 1 aromatic heterocycles. The maximum absolute atomic E-state index is 11.8. The highest BCUT2D eigenvalue weighted by molar-refractivity contribution is 5.85. The molecule has 20 heavy (non-hydrogen) atoms. The minimum atomic E-state index is -0.233.